The number of amides is 2. The molecule has 0 aromatic rings. The fraction of sp³-hybridized carbons (Fsp3) is 0.857. The van der Waals surface area contributed by atoms with Gasteiger partial charge in [-0.2, -0.15) is 0 Å². The van der Waals surface area contributed by atoms with Crippen molar-refractivity contribution in [3.05, 3.63) is 0 Å². The van der Waals surface area contributed by atoms with E-state index in [0.29, 0.717) is 18.9 Å². The molecule has 0 aromatic heterocycles. The summed E-state index contributed by atoms with van der Waals surface area (Å²) in [4.78, 5) is 23.2. The van der Waals surface area contributed by atoms with Gasteiger partial charge in [0.05, 0.1) is 6.54 Å². The average Bonchev–Trinajstić information content (AvgIpc) is 2.43. The van der Waals surface area contributed by atoms with Crippen molar-refractivity contribution in [3.8, 4) is 0 Å². The lowest BCUT2D eigenvalue weighted by Crippen LogP contribution is -2.42. The molecule has 0 heterocycles. The second kappa shape index (κ2) is 8.91. The Morgan fingerprint density at radius 2 is 1.79 bits per heavy atom. The van der Waals surface area contributed by atoms with E-state index in [1.165, 1.54) is 19.3 Å². The van der Waals surface area contributed by atoms with Gasteiger partial charge in [0.1, 0.15) is 0 Å². The monoisotopic (exact) mass is 269 g/mol. The van der Waals surface area contributed by atoms with Gasteiger partial charge in [0.2, 0.25) is 11.8 Å². The summed E-state index contributed by atoms with van der Waals surface area (Å²) >= 11 is 0. The molecule has 5 heteroatoms. The summed E-state index contributed by atoms with van der Waals surface area (Å²) in [7, 11) is 1.85. The van der Waals surface area contributed by atoms with E-state index in [9.17, 15) is 9.59 Å². The van der Waals surface area contributed by atoms with Crippen LogP contribution >= 0.6 is 0 Å². The normalized spacial score (nSPS) is 17.8. The Balaban J connectivity index is 2.09. The zero-order valence-electron chi connectivity index (χ0n) is 12.1. The highest BCUT2D eigenvalue weighted by Gasteiger charge is 2.17. The third kappa shape index (κ3) is 7.15. The van der Waals surface area contributed by atoms with Crippen LogP contribution in [0.15, 0.2) is 0 Å². The van der Waals surface area contributed by atoms with Crippen LogP contribution in [0.1, 0.15) is 45.4 Å². The summed E-state index contributed by atoms with van der Waals surface area (Å²) in [5, 5.41) is 8.51. The Bertz CT molecular complexity index is 288. The number of rotatable bonds is 7. The molecule has 0 aliphatic heterocycles. The Labute approximate surface area is 115 Å². The maximum Gasteiger partial charge on any atom is 0.239 e. The van der Waals surface area contributed by atoms with E-state index in [1.54, 1.807) is 0 Å². The van der Waals surface area contributed by atoms with Gasteiger partial charge in [-0.25, -0.2) is 0 Å². The van der Waals surface area contributed by atoms with Crippen molar-refractivity contribution in [1.82, 2.24) is 16.0 Å². The number of nitrogens with one attached hydrogen (secondary N) is 3. The molecule has 1 aliphatic carbocycles. The van der Waals surface area contributed by atoms with Crippen LogP contribution in [0.25, 0.3) is 0 Å². The highest BCUT2D eigenvalue weighted by molar-refractivity contribution is 5.84. The molecule has 1 atom stereocenters. The van der Waals surface area contributed by atoms with Crippen molar-refractivity contribution in [2.75, 3.05) is 20.1 Å². The minimum absolute atomic E-state index is 0.00344. The van der Waals surface area contributed by atoms with Crippen molar-refractivity contribution in [2.24, 2.45) is 5.92 Å². The maximum absolute atomic E-state index is 11.7. The van der Waals surface area contributed by atoms with Gasteiger partial charge < -0.3 is 16.0 Å². The van der Waals surface area contributed by atoms with Crippen LogP contribution in [-0.2, 0) is 9.59 Å². The third-order valence-corrected chi connectivity index (χ3v) is 3.74. The first-order valence-electron chi connectivity index (χ1n) is 7.32. The fourth-order valence-corrected chi connectivity index (χ4v) is 2.34. The maximum atomic E-state index is 11.7. The fourth-order valence-electron chi connectivity index (χ4n) is 2.34. The Morgan fingerprint density at radius 1 is 1.11 bits per heavy atom. The first kappa shape index (κ1) is 16.0. The van der Waals surface area contributed by atoms with Crippen molar-refractivity contribution < 1.29 is 9.59 Å². The second-order valence-electron chi connectivity index (χ2n) is 5.48. The number of carbonyl (C=O) groups is 2. The molecule has 0 spiro atoms. The summed E-state index contributed by atoms with van der Waals surface area (Å²) in [5.41, 5.74) is 0. The van der Waals surface area contributed by atoms with Crippen molar-refractivity contribution >= 4 is 11.8 Å². The molecule has 0 radical (unpaired) electrons. The minimum Gasteiger partial charge on any atom is -0.353 e. The van der Waals surface area contributed by atoms with Crippen LogP contribution in [0.2, 0.25) is 0 Å². The summed E-state index contributed by atoms with van der Waals surface area (Å²) in [6.07, 6.45) is 6.64. The molecule has 0 bridgehead atoms. The van der Waals surface area contributed by atoms with E-state index in [2.05, 4.69) is 16.0 Å². The number of hydrogen-bond donors (Lipinski definition) is 3. The van der Waals surface area contributed by atoms with E-state index < -0.39 is 0 Å². The minimum atomic E-state index is -0.126. The largest absolute Gasteiger partial charge is 0.353 e. The number of likely N-dealkylation sites (N-methyl/N-ethyl adjacent to an activating group) is 1. The van der Waals surface area contributed by atoms with E-state index in [0.717, 1.165) is 12.8 Å². The van der Waals surface area contributed by atoms with Gasteiger partial charge in [-0.3, -0.25) is 9.59 Å². The zero-order chi connectivity index (χ0) is 14.1. The summed E-state index contributed by atoms with van der Waals surface area (Å²) < 4.78 is 0. The van der Waals surface area contributed by atoms with Crippen molar-refractivity contribution in [3.63, 3.8) is 0 Å². The average molecular weight is 269 g/mol. The van der Waals surface area contributed by atoms with Gasteiger partial charge in [0.25, 0.3) is 0 Å². The third-order valence-electron chi connectivity index (χ3n) is 3.74. The van der Waals surface area contributed by atoms with Gasteiger partial charge in [-0.05, 0) is 32.7 Å². The second-order valence-corrected chi connectivity index (χ2v) is 5.48. The SMILES string of the molecule is CNC(C)CNC(=O)CNC(=O)CC1CCCCC1. The van der Waals surface area contributed by atoms with E-state index in [1.807, 2.05) is 14.0 Å². The van der Waals surface area contributed by atoms with Crippen LogP contribution in [-0.4, -0.2) is 38.0 Å². The Hall–Kier alpha value is -1.10. The van der Waals surface area contributed by atoms with Crippen LogP contribution in [0.5, 0.6) is 0 Å². The first-order chi connectivity index (χ1) is 9.11. The summed E-state index contributed by atoms with van der Waals surface area (Å²) in [5.74, 6) is 0.393. The predicted octanol–water partition coefficient (Wildman–Crippen LogP) is 0.797. The van der Waals surface area contributed by atoms with Crippen LogP contribution in [0.4, 0.5) is 0 Å². The summed E-state index contributed by atoms with van der Waals surface area (Å²) in [6, 6.07) is 0.238. The molecule has 2 amide bonds. The van der Waals surface area contributed by atoms with Gasteiger partial charge in [-0.1, -0.05) is 19.3 Å². The van der Waals surface area contributed by atoms with E-state index in [4.69, 9.17) is 0 Å². The molecule has 1 aliphatic rings. The van der Waals surface area contributed by atoms with E-state index in [-0.39, 0.29) is 24.4 Å². The van der Waals surface area contributed by atoms with Gasteiger partial charge in [0, 0.05) is 19.0 Å². The van der Waals surface area contributed by atoms with Crippen molar-refractivity contribution in [1.29, 1.82) is 0 Å². The molecule has 0 aromatic carbocycles. The van der Waals surface area contributed by atoms with E-state index >= 15 is 0 Å². The quantitative estimate of drug-likeness (QED) is 0.640. The number of carbonyl (C=O) groups excluding carboxylic acids is 2. The lowest BCUT2D eigenvalue weighted by molar-refractivity contribution is -0.126. The van der Waals surface area contributed by atoms with Gasteiger partial charge in [0.15, 0.2) is 0 Å². The van der Waals surface area contributed by atoms with Gasteiger partial charge >= 0.3 is 0 Å². The number of hydrogen-bond acceptors (Lipinski definition) is 3. The topological polar surface area (TPSA) is 70.2 Å². The molecular formula is C14H27N3O2. The van der Waals surface area contributed by atoms with Gasteiger partial charge in [-0.15, -0.1) is 0 Å². The molecule has 1 rings (SSSR count). The molecule has 1 saturated carbocycles. The Kier molecular flexibility index (Phi) is 7.48. The lowest BCUT2D eigenvalue weighted by Gasteiger charge is -2.20. The highest BCUT2D eigenvalue weighted by Crippen LogP contribution is 2.25. The molecule has 3 N–H and O–H groups in total. The molecule has 1 unspecified atom stereocenters. The highest BCUT2D eigenvalue weighted by atomic mass is 16.2. The van der Waals surface area contributed by atoms with Crippen LogP contribution in [0.3, 0.4) is 0 Å². The lowest BCUT2D eigenvalue weighted by atomic mass is 9.87. The first-order valence-corrected chi connectivity index (χ1v) is 7.32. The molecular weight excluding hydrogens is 242 g/mol. The van der Waals surface area contributed by atoms with Crippen LogP contribution < -0.4 is 16.0 Å². The van der Waals surface area contributed by atoms with Crippen LogP contribution in [0, 0.1) is 5.92 Å². The van der Waals surface area contributed by atoms with Crippen molar-refractivity contribution in [2.45, 2.75) is 51.5 Å². The molecule has 110 valence electrons. The predicted molar refractivity (Wildman–Crippen MR) is 75.7 cm³/mol. The molecule has 0 saturated heterocycles. The molecule has 5 nitrogen and oxygen atoms in total. The molecule has 19 heavy (non-hydrogen) atoms. The smallest absolute Gasteiger partial charge is 0.239 e. The standard InChI is InChI=1S/C14H27N3O2/c1-11(15-2)9-16-14(19)10-17-13(18)8-12-6-4-3-5-7-12/h11-12,15H,3-10H2,1-2H3,(H,16,19)(H,17,18). The zero-order valence-corrected chi connectivity index (χ0v) is 12.1. The summed E-state index contributed by atoms with van der Waals surface area (Å²) in [6.45, 7) is 2.65. The molecule has 1 fully saturated rings. The Morgan fingerprint density at radius 3 is 2.42 bits per heavy atom.